The van der Waals surface area contributed by atoms with Gasteiger partial charge in [-0.05, 0) is 36.2 Å². The van der Waals surface area contributed by atoms with Crippen LogP contribution in [-0.4, -0.2) is 51.2 Å². The molecule has 6 nitrogen and oxygen atoms in total. The Balaban J connectivity index is 1.99. The third-order valence-electron chi connectivity index (χ3n) is 3.93. The van der Waals surface area contributed by atoms with Gasteiger partial charge in [0.15, 0.2) is 0 Å². The van der Waals surface area contributed by atoms with Crippen molar-refractivity contribution >= 4 is 16.7 Å². The summed E-state index contributed by atoms with van der Waals surface area (Å²) < 4.78 is 14.1. The Kier molecular flexibility index (Phi) is 7.54. The van der Waals surface area contributed by atoms with Crippen LogP contribution in [0.3, 0.4) is 0 Å². The third kappa shape index (κ3) is 5.91. The predicted octanol–water partition coefficient (Wildman–Crippen LogP) is 0.735. The Morgan fingerprint density at radius 3 is 2.40 bits per heavy atom. The van der Waals surface area contributed by atoms with E-state index in [1.165, 1.54) is 0 Å². The van der Waals surface area contributed by atoms with Gasteiger partial charge in [-0.3, -0.25) is 5.32 Å². The molecule has 0 radical (unpaired) electrons. The van der Waals surface area contributed by atoms with Crippen molar-refractivity contribution in [1.29, 1.82) is 0 Å². The molecule has 0 saturated carbocycles. The molecule has 0 aromatic heterocycles. The lowest BCUT2D eigenvalue weighted by atomic mass is 10.0. The van der Waals surface area contributed by atoms with Crippen LogP contribution in [-0.2, 0) is 17.4 Å². The van der Waals surface area contributed by atoms with E-state index in [9.17, 15) is 14.4 Å². The van der Waals surface area contributed by atoms with Crippen LogP contribution in [0.15, 0.2) is 59.5 Å². The Morgan fingerprint density at radius 1 is 1.16 bits per heavy atom. The standard InChI is InChI=1S/C18H25N3O3S/c1-21(25(24)16-9-7-15(19)8-10-16)12-18(23)17(20-13-22)11-14-5-3-2-4-6-14/h2-10,17-18,20,22-23H,11-13,19H2,1H3/t17-,18?,25?/m0/s1. The van der Waals surface area contributed by atoms with Gasteiger partial charge in [0.2, 0.25) is 0 Å². The Labute approximate surface area is 150 Å². The maximum Gasteiger partial charge on any atom is 0.127 e. The highest BCUT2D eigenvalue weighted by atomic mass is 32.2. The highest BCUT2D eigenvalue weighted by Gasteiger charge is 2.23. The van der Waals surface area contributed by atoms with Gasteiger partial charge in [-0.15, -0.1) is 0 Å². The van der Waals surface area contributed by atoms with Gasteiger partial charge in [0.1, 0.15) is 11.0 Å². The smallest absolute Gasteiger partial charge is 0.127 e. The predicted molar refractivity (Wildman–Crippen MR) is 100 cm³/mol. The molecule has 5 N–H and O–H groups in total. The van der Waals surface area contributed by atoms with Crippen LogP contribution < -0.4 is 11.1 Å². The van der Waals surface area contributed by atoms with Crippen molar-refractivity contribution in [2.75, 3.05) is 26.1 Å². The van der Waals surface area contributed by atoms with Crippen LogP contribution in [0.1, 0.15) is 5.56 Å². The topological polar surface area (TPSA) is 98.8 Å². The highest BCUT2D eigenvalue weighted by molar-refractivity contribution is 7.82. The van der Waals surface area contributed by atoms with Crippen molar-refractivity contribution in [2.45, 2.75) is 23.5 Å². The summed E-state index contributed by atoms with van der Waals surface area (Å²) in [5.74, 6) is 0. The lowest BCUT2D eigenvalue weighted by Gasteiger charge is -2.27. The molecule has 3 atom stereocenters. The number of nitrogens with zero attached hydrogens (tertiary/aromatic N) is 1. The quantitative estimate of drug-likeness (QED) is 0.389. The highest BCUT2D eigenvalue weighted by Crippen LogP contribution is 2.14. The average Bonchev–Trinajstić information content (AvgIpc) is 2.62. The van der Waals surface area contributed by atoms with Crippen molar-refractivity contribution in [1.82, 2.24) is 9.62 Å². The maximum atomic E-state index is 12.5. The molecule has 2 aromatic rings. The second kappa shape index (κ2) is 9.65. The van der Waals surface area contributed by atoms with Gasteiger partial charge in [0.05, 0.1) is 17.7 Å². The fourth-order valence-electron chi connectivity index (χ4n) is 2.55. The lowest BCUT2D eigenvalue weighted by Crippen LogP contribution is -2.47. The van der Waals surface area contributed by atoms with E-state index in [0.717, 1.165) is 5.56 Å². The minimum absolute atomic E-state index is 0.196. The molecule has 2 unspecified atom stereocenters. The Morgan fingerprint density at radius 2 is 1.80 bits per heavy atom. The van der Waals surface area contributed by atoms with Gasteiger partial charge in [-0.1, -0.05) is 30.3 Å². The molecular weight excluding hydrogens is 338 g/mol. The Hall–Kier alpha value is -1.77. The summed E-state index contributed by atoms with van der Waals surface area (Å²) in [5, 5.41) is 22.6. The number of nitrogen functional groups attached to an aromatic ring is 1. The fraction of sp³-hybridized carbons (Fsp3) is 0.333. The van der Waals surface area contributed by atoms with Gasteiger partial charge >= 0.3 is 0 Å². The van der Waals surface area contributed by atoms with Crippen LogP contribution >= 0.6 is 0 Å². The molecule has 136 valence electrons. The van der Waals surface area contributed by atoms with Crippen LogP contribution in [0.2, 0.25) is 0 Å². The van der Waals surface area contributed by atoms with Gasteiger partial charge < -0.3 is 15.9 Å². The number of aliphatic hydroxyl groups excluding tert-OH is 2. The number of aliphatic hydroxyl groups is 2. The van der Waals surface area contributed by atoms with E-state index in [1.54, 1.807) is 35.6 Å². The average molecular weight is 363 g/mol. The first-order chi connectivity index (χ1) is 12.0. The van der Waals surface area contributed by atoms with Gasteiger partial charge in [0.25, 0.3) is 0 Å². The number of hydrogen-bond acceptors (Lipinski definition) is 5. The second-order valence-corrected chi connectivity index (χ2v) is 7.45. The molecule has 0 heterocycles. The molecule has 7 heteroatoms. The van der Waals surface area contributed by atoms with Crippen molar-refractivity contribution in [3.63, 3.8) is 0 Å². The first kappa shape index (κ1) is 19.6. The van der Waals surface area contributed by atoms with Crippen molar-refractivity contribution < 1.29 is 14.4 Å². The zero-order chi connectivity index (χ0) is 18.2. The number of likely N-dealkylation sites (N-methyl/N-ethyl adjacent to an activating group) is 1. The van der Waals surface area contributed by atoms with Crippen molar-refractivity contribution in [3.05, 3.63) is 60.2 Å². The van der Waals surface area contributed by atoms with Crippen molar-refractivity contribution in [3.8, 4) is 0 Å². The minimum atomic E-state index is -1.40. The van der Waals surface area contributed by atoms with Crippen LogP contribution in [0.25, 0.3) is 0 Å². The summed E-state index contributed by atoms with van der Waals surface area (Å²) in [6.07, 6.45) is -0.236. The molecule has 0 spiro atoms. The van der Waals surface area contributed by atoms with E-state index >= 15 is 0 Å². The molecule has 0 amide bonds. The first-order valence-electron chi connectivity index (χ1n) is 8.06. The summed E-state index contributed by atoms with van der Waals surface area (Å²) in [6.45, 7) is -0.0409. The zero-order valence-corrected chi connectivity index (χ0v) is 15.0. The number of anilines is 1. The van der Waals surface area contributed by atoms with E-state index in [1.807, 2.05) is 30.3 Å². The molecule has 2 aromatic carbocycles. The summed E-state index contributed by atoms with van der Waals surface area (Å²) in [7, 11) is 0.292. The van der Waals surface area contributed by atoms with E-state index in [0.29, 0.717) is 17.0 Å². The first-order valence-corrected chi connectivity index (χ1v) is 9.16. The molecule has 0 aliphatic rings. The molecule has 0 aliphatic heterocycles. The molecule has 2 rings (SSSR count). The number of hydrogen-bond donors (Lipinski definition) is 4. The molecule has 0 fully saturated rings. The molecule has 25 heavy (non-hydrogen) atoms. The van der Waals surface area contributed by atoms with Gasteiger partial charge in [-0.25, -0.2) is 8.51 Å². The largest absolute Gasteiger partial charge is 0.399 e. The van der Waals surface area contributed by atoms with Crippen LogP contribution in [0.4, 0.5) is 5.69 Å². The van der Waals surface area contributed by atoms with E-state index < -0.39 is 17.1 Å². The molecule has 0 aliphatic carbocycles. The molecular formula is C18H25N3O3S. The van der Waals surface area contributed by atoms with E-state index in [-0.39, 0.29) is 19.3 Å². The van der Waals surface area contributed by atoms with E-state index in [4.69, 9.17) is 5.73 Å². The number of nitrogens with one attached hydrogen (secondary N) is 1. The fourth-order valence-corrected chi connectivity index (χ4v) is 3.57. The second-order valence-electron chi connectivity index (χ2n) is 5.85. The Bertz CT molecular complexity index is 667. The summed E-state index contributed by atoms with van der Waals surface area (Å²) in [6, 6.07) is 16.2. The maximum absolute atomic E-state index is 12.5. The van der Waals surface area contributed by atoms with Crippen LogP contribution in [0.5, 0.6) is 0 Å². The van der Waals surface area contributed by atoms with E-state index in [2.05, 4.69) is 5.32 Å². The number of nitrogens with two attached hydrogens (primary N) is 1. The number of benzene rings is 2. The third-order valence-corrected chi connectivity index (χ3v) is 5.32. The lowest BCUT2D eigenvalue weighted by molar-refractivity contribution is 0.0941. The molecule has 0 bridgehead atoms. The van der Waals surface area contributed by atoms with Gasteiger partial charge in [0, 0.05) is 25.3 Å². The zero-order valence-electron chi connectivity index (χ0n) is 14.2. The SMILES string of the molecule is CN(CC(O)[C@H](Cc1ccccc1)NCO)S(=O)c1ccc(N)cc1. The normalized spacial score (nSPS) is 15.0. The van der Waals surface area contributed by atoms with Gasteiger partial charge in [-0.2, -0.15) is 0 Å². The van der Waals surface area contributed by atoms with Crippen LogP contribution in [0, 0.1) is 0 Å². The van der Waals surface area contributed by atoms with Crippen molar-refractivity contribution in [2.24, 2.45) is 0 Å². The number of rotatable bonds is 9. The summed E-state index contributed by atoms with van der Waals surface area (Å²) in [4.78, 5) is 0.624. The summed E-state index contributed by atoms with van der Waals surface area (Å²) in [5.41, 5.74) is 7.31. The monoisotopic (exact) mass is 363 g/mol. The molecule has 0 saturated heterocycles. The summed E-state index contributed by atoms with van der Waals surface area (Å²) >= 11 is 0. The minimum Gasteiger partial charge on any atom is -0.399 e.